The largest absolute Gasteiger partial charge is 0.449 e. The standard InChI is InChI=1S/C37H47F3O4/c1-3-5-7-9-10-11-16-26-36(27-24-30(25-28-36)29-17-13-12-14-18-29)35(42)43-32-22-20-31(21-23-32)34(41)44-33(37(38,39)40)19-15-8-6-4-2/h12-14,17-18,20-25,27,33H,3-11,15-16,19,26,28H2,1-2H3. The molecule has 0 heterocycles. The SMILES string of the molecule is CCCCCCCCCC1(C(=O)Oc2ccc(C(=O)OC(CCCCCC)C(F)(F)F)cc2)C=CC(c2ccccc2)=CC1. The van der Waals surface area contributed by atoms with Crippen LogP contribution in [0.15, 0.2) is 72.8 Å². The lowest BCUT2D eigenvalue weighted by atomic mass is 9.75. The first kappa shape index (κ1) is 35.1. The number of hydrogen-bond acceptors (Lipinski definition) is 4. The molecule has 0 saturated carbocycles. The fraction of sp³-hybridized carbons (Fsp3) is 0.514. The quantitative estimate of drug-likeness (QED) is 0.0955. The smallest absolute Gasteiger partial charge is 0.425 e. The van der Waals surface area contributed by atoms with Gasteiger partial charge in [0.05, 0.1) is 11.0 Å². The Kier molecular flexibility index (Phi) is 14.2. The Hall–Kier alpha value is -3.35. The van der Waals surface area contributed by atoms with Crippen LogP contribution in [0.2, 0.25) is 0 Å². The topological polar surface area (TPSA) is 52.6 Å². The highest BCUT2D eigenvalue weighted by atomic mass is 19.4. The third-order valence-electron chi connectivity index (χ3n) is 8.24. The first-order chi connectivity index (χ1) is 21.2. The summed E-state index contributed by atoms with van der Waals surface area (Å²) < 4.78 is 51.1. The number of unbranched alkanes of at least 4 members (excludes halogenated alkanes) is 9. The molecule has 0 aliphatic heterocycles. The van der Waals surface area contributed by atoms with Gasteiger partial charge in [0.2, 0.25) is 0 Å². The molecule has 0 bridgehead atoms. The van der Waals surface area contributed by atoms with Crippen LogP contribution in [0, 0.1) is 5.41 Å². The molecule has 0 spiro atoms. The third kappa shape index (κ3) is 11.0. The van der Waals surface area contributed by atoms with E-state index >= 15 is 0 Å². The minimum Gasteiger partial charge on any atom is -0.449 e. The number of allylic oxidation sites excluding steroid dienone is 3. The van der Waals surface area contributed by atoms with E-state index in [1.807, 2.05) is 49.4 Å². The van der Waals surface area contributed by atoms with Crippen LogP contribution < -0.4 is 4.74 Å². The number of benzene rings is 2. The number of rotatable bonds is 18. The molecule has 2 atom stereocenters. The zero-order valence-electron chi connectivity index (χ0n) is 26.2. The highest BCUT2D eigenvalue weighted by Crippen LogP contribution is 2.39. The minimum atomic E-state index is -4.64. The molecule has 240 valence electrons. The molecule has 7 heteroatoms. The summed E-state index contributed by atoms with van der Waals surface area (Å²) in [7, 11) is 0. The van der Waals surface area contributed by atoms with Gasteiger partial charge in [-0.15, -0.1) is 0 Å². The van der Waals surface area contributed by atoms with E-state index in [9.17, 15) is 22.8 Å². The van der Waals surface area contributed by atoms with E-state index in [1.165, 1.54) is 49.9 Å². The van der Waals surface area contributed by atoms with Crippen LogP contribution >= 0.6 is 0 Å². The van der Waals surface area contributed by atoms with Gasteiger partial charge in [-0.25, -0.2) is 4.79 Å². The number of carbonyl (C=O) groups is 2. The van der Waals surface area contributed by atoms with E-state index in [2.05, 4.69) is 13.0 Å². The van der Waals surface area contributed by atoms with Crippen LogP contribution in [0.25, 0.3) is 5.57 Å². The van der Waals surface area contributed by atoms with Crippen molar-refractivity contribution < 1.29 is 32.2 Å². The van der Waals surface area contributed by atoms with Gasteiger partial charge in [-0.1, -0.05) is 127 Å². The highest BCUT2D eigenvalue weighted by Gasteiger charge is 2.42. The minimum absolute atomic E-state index is 0.0293. The second-order valence-electron chi connectivity index (χ2n) is 11.8. The van der Waals surface area contributed by atoms with Crippen LogP contribution in [-0.4, -0.2) is 24.2 Å². The summed E-state index contributed by atoms with van der Waals surface area (Å²) in [4.78, 5) is 26.2. The van der Waals surface area contributed by atoms with E-state index < -0.39 is 23.7 Å². The summed E-state index contributed by atoms with van der Waals surface area (Å²) in [6.07, 6.45) is 10.8. The molecule has 1 aliphatic rings. The van der Waals surface area contributed by atoms with Crippen LogP contribution in [0.1, 0.15) is 120 Å². The molecule has 0 radical (unpaired) electrons. The molecule has 2 unspecified atom stereocenters. The number of hydrogen-bond donors (Lipinski definition) is 0. The van der Waals surface area contributed by atoms with Crippen LogP contribution in [0.5, 0.6) is 5.75 Å². The zero-order chi connectivity index (χ0) is 31.8. The Morgan fingerprint density at radius 3 is 2.02 bits per heavy atom. The van der Waals surface area contributed by atoms with E-state index in [1.54, 1.807) is 0 Å². The van der Waals surface area contributed by atoms with Crippen molar-refractivity contribution in [2.45, 2.75) is 116 Å². The van der Waals surface area contributed by atoms with Crippen molar-refractivity contribution in [1.29, 1.82) is 0 Å². The molecule has 0 amide bonds. The molecule has 2 aromatic rings. The van der Waals surface area contributed by atoms with Crippen molar-refractivity contribution in [3.8, 4) is 5.75 Å². The lowest BCUT2D eigenvalue weighted by molar-refractivity contribution is -0.206. The number of carbonyl (C=O) groups excluding carboxylic acids is 2. The van der Waals surface area contributed by atoms with Crippen LogP contribution in [-0.2, 0) is 9.53 Å². The van der Waals surface area contributed by atoms with E-state index in [-0.39, 0.29) is 23.7 Å². The Labute approximate surface area is 260 Å². The summed E-state index contributed by atoms with van der Waals surface area (Å²) in [5, 5.41) is 0. The number of esters is 2. The van der Waals surface area contributed by atoms with Crippen molar-refractivity contribution in [3.63, 3.8) is 0 Å². The molecule has 1 aliphatic carbocycles. The monoisotopic (exact) mass is 612 g/mol. The van der Waals surface area contributed by atoms with Crippen LogP contribution in [0.3, 0.4) is 0 Å². The second kappa shape index (κ2) is 17.8. The summed E-state index contributed by atoms with van der Waals surface area (Å²) in [5.41, 5.74) is 1.28. The Bertz CT molecular complexity index is 1220. The van der Waals surface area contributed by atoms with Gasteiger partial charge in [0.1, 0.15) is 5.75 Å². The second-order valence-corrected chi connectivity index (χ2v) is 11.8. The molecule has 0 aromatic heterocycles. The van der Waals surface area contributed by atoms with Crippen molar-refractivity contribution in [2.75, 3.05) is 0 Å². The van der Waals surface area contributed by atoms with Gasteiger partial charge in [-0.05, 0) is 61.1 Å². The number of alkyl halides is 3. The fourth-order valence-electron chi connectivity index (χ4n) is 5.47. The molecule has 0 fully saturated rings. The lowest BCUT2D eigenvalue weighted by Crippen LogP contribution is -2.34. The molecule has 0 N–H and O–H groups in total. The molecular formula is C37H47F3O4. The average molecular weight is 613 g/mol. The van der Waals surface area contributed by atoms with Gasteiger partial charge in [0, 0.05) is 0 Å². The highest BCUT2D eigenvalue weighted by molar-refractivity contribution is 5.90. The lowest BCUT2D eigenvalue weighted by Gasteiger charge is -2.30. The fourth-order valence-corrected chi connectivity index (χ4v) is 5.47. The van der Waals surface area contributed by atoms with Crippen molar-refractivity contribution in [2.24, 2.45) is 5.41 Å². The molecular weight excluding hydrogens is 565 g/mol. The van der Waals surface area contributed by atoms with E-state index in [0.29, 0.717) is 25.7 Å². The number of ether oxygens (including phenoxy) is 2. The summed E-state index contributed by atoms with van der Waals surface area (Å²) in [5.74, 6) is -1.21. The van der Waals surface area contributed by atoms with E-state index in [4.69, 9.17) is 9.47 Å². The average Bonchev–Trinajstić information content (AvgIpc) is 3.02. The Morgan fingerprint density at radius 2 is 1.43 bits per heavy atom. The Morgan fingerprint density at radius 1 is 0.818 bits per heavy atom. The maximum atomic E-state index is 13.6. The van der Waals surface area contributed by atoms with Gasteiger partial charge in [-0.3, -0.25) is 4.79 Å². The van der Waals surface area contributed by atoms with Crippen molar-refractivity contribution in [3.05, 3.63) is 84.0 Å². The maximum Gasteiger partial charge on any atom is 0.425 e. The molecule has 4 nitrogen and oxygen atoms in total. The molecule has 44 heavy (non-hydrogen) atoms. The summed E-state index contributed by atoms with van der Waals surface area (Å²) in [6.45, 7) is 4.17. The van der Waals surface area contributed by atoms with Gasteiger partial charge in [0.15, 0.2) is 6.10 Å². The van der Waals surface area contributed by atoms with Crippen LogP contribution in [0.4, 0.5) is 13.2 Å². The van der Waals surface area contributed by atoms with Gasteiger partial charge in [0.25, 0.3) is 0 Å². The first-order valence-electron chi connectivity index (χ1n) is 16.2. The van der Waals surface area contributed by atoms with E-state index in [0.717, 1.165) is 43.2 Å². The predicted octanol–water partition coefficient (Wildman–Crippen LogP) is 10.8. The third-order valence-corrected chi connectivity index (χ3v) is 8.24. The summed E-state index contributed by atoms with van der Waals surface area (Å²) in [6, 6.07) is 15.5. The van der Waals surface area contributed by atoms with Crippen molar-refractivity contribution >= 4 is 17.5 Å². The summed E-state index contributed by atoms with van der Waals surface area (Å²) >= 11 is 0. The molecule has 3 rings (SSSR count). The number of halogens is 3. The van der Waals surface area contributed by atoms with Crippen molar-refractivity contribution in [1.82, 2.24) is 0 Å². The predicted molar refractivity (Wildman–Crippen MR) is 169 cm³/mol. The Balaban J connectivity index is 1.65. The van der Waals surface area contributed by atoms with Gasteiger partial charge in [-0.2, -0.15) is 13.2 Å². The maximum absolute atomic E-state index is 13.6. The zero-order valence-corrected chi connectivity index (χ0v) is 26.2. The molecule has 0 saturated heterocycles. The van der Waals surface area contributed by atoms with Gasteiger partial charge < -0.3 is 9.47 Å². The first-order valence-corrected chi connectivity index (χ1v) is 16.2. The normalized spacial score (nSPS) is 17.2. The van der Waals surface area contributed by atoms with Gasteiger partial charge >= 0.3 is 18.1 Å². The molecule has 2 aromatic carbocycles.